The minimum absolute atomic E-state index is 0.0427. The predicted molar refractivity (Wildman–Crippen MR) is 145 cm³/mol. The Morgan fingerprint density at radius 3 is 2.43 bits per heavy atom. The van der Waals surface area contributed by atoms with Gasteiger partial charge in [0.15, 0.2) is 5.17 Å². The summed E-state index contributed by atoms with van der Waals surface area (Å²) in [7, 11) is 1.40. The van der Waals surface area contributed by atoms with Gasteiger partial charge in [0.2, 0.25) is 0 Å². The van der Waals surface area contributed by atoms with Crippen LogP contribution in [0, 0.1) is 10.1 Å². The molecule has 0 radical (unpaired) electrons. The lowest BCUT2D eigenvalue weighted by Gasteiger charge is -2.15. The van der Waals surface area contributed by atoms with E-state index in [1.165, 1.54) is 31.0 Å². The van der Waals surface area contributed by atoms with Gasteiger partial charge in [-0.25, -0.2) is 4.99 Å². The normalized spacial score (nSPS) is 15.5. The topological polar surface area (TPSA) is 98.2 Å². The third kappa shape index (κ3) is 5.00. The number of para-hydroxylation sites is 2. The summed E-state index contributed by atoms with van der Waals surface area (Å²) in [5, 5.41) is 11.7. The summed E-state index contributed by atoms with van der Waals surface area (Å²) in [6.07, 6.45) is 1.64. The van der Waals surface area contributed by atoms with Gasteiger partial charge in [0.1, 0.15) is 22.3 Å². The molecule has 2 heterocycles. The monoisotopic (exact) mass is 531 g/mol. The van der Waals surface area contributed by atoms with Crippen molar-refractivity contribution < 1.29 is 18.9 Å². The molecule has 184 valence electrons. The molecule has 0 bridgehead atoms. The number of carbonyl (C=O) groups is 1. The summed E-state index contributed by atoms with van der Waals surface area (Å²) >= 11 is 7.34. The van der Waals surface area contributed by atoms with Crippen molar-refractivity contribution in [1.29, 1.82) is 0 Å². The fourth-order valence-electron chi connectivity index (χ4n) is 3.71. The molecule has 5 rings (SSSR count). The Labute approximate surface area is 221 Å². The summed E-state index contributed by atoms with van der Waals surface area (Å²) in [6, 6.07) is 24.7. The Morgan fingerprint density at radius 1 is 1.05 bits per heavy atom. The number of carbonyl (C=O) groups excluding carboxylic acids is 1. The Kier molecular flexibility index (Phi) is 6.80. The number of thioether (sulfide) groups is 1. The molecule has 8 nitrogen and oxygen atoms in total. The van der Waals surface area contributed by atoms with Gasteiger partial charge in [0, 0.05) is 6.08 Å². The average molecular weight is 532 g/mol. The third-order valence-electron chi connectivity index (χ3n) is 5.43. The highest BCUT2D eigenvalue weighted by Crippen LogP contribution is 2.41. The summed E-state index contributed by atoms with van der Waals surface area (Å²) in [5.74, 6) is 0.800. The van der Waals surface area contributed by atoms with Gasteiger partial charge in [-0.15, -0.1) is 0 Å². The van der Waals surface area contributed by atoms with Crippen LogP contribution in [-0.2, 0) is 4.79 Å². The van der Waals surface area contributed by atoms with E-state index in [-0.39, 0.29) is 22.4 Å². The Bertz CT molecular complexity index is 1550. The van der Waals surface area contributed by atoms with Crippen LogP contribution in [0.15, 0.2) is 99.2 Å². The van der Waals surface area contributed by atoms with Crippen LogP contribution in [0.3, 0.4) is 0 Å². The number of rotatable bonds is 6. The van der Waals surface area contributed by atoms with Gasteiger partial charge in [-0.1, -0.05) is 48.0 Å². The molecule has 0 spiro atoms. The molecule has 1 saturated heterocycles. The van der Waals surface area contributed by atoms with Gasteiger partial charge in [-0.05, 0) is 54.2 Å². The van der Waals surface area contributed by atoms with Crippen molar-refractivity contribution >= 4 is 57.6 Å². The standard InChI is InChI=1S/C27H18ClN3O5S/c1-35-24-16-22(31(33)34)21(28)15-20(24)23-13-12-19(36-23)14-25-26(32)30(18-10-6-3-7-11-18)27(37-25)29-17-8-4-2-5-9-17/h2-16H,1H3/b25-14-,29-27?. The van der Waals surface area contributed by atoms with Crippen molar-refractivity contribution in [3.05, 3.63) is 111 Å². The highest BCUT2D eigenvalue weighted by atomic mass is 35.5. The molecule has 37 heavy (non-hydrogen) atoms. The molecule has 0 saturated carbocycles. The number of furan rings is 1. The number of nitrogens with zero attached hydrogens (tertiary/aromatic N) is 3. The van der Waals surface area contributed by atoms with Crippen LogP contribution in [0.1, 0.15) is 5.76 Å². The quantitative estimate of drug-likeness (QED) is 0.147. The van der Waals surface area contributed by atoms with E-state index in [4.69, 9.17) is 25.7 Å². The summed E-state index contributed by atoms with van der Waals surface area (Å²) in [6.45, 7) is 0. The van der Waals surface area contributed by atoms with Crippen molar-refractivity contribution in [2.24, 2.45) is 4.99 Å². The SMILES string of the molecule is COc1cc([N+](=O)[O-])c(Cl)cc1-c1ccc(/C=C2\SC(=Nc3ccccc3)N(c3ccccc3)C2=O)o1. The van der Waals surface area contributed by atoms with Gasteiger partial charge in [0.25, 0.3) is 11.6 Å². The van der Waals surface area contributed by atoms with Crippen molar-refractivity contribution in [3.63, 3.8) is 0 Å². The number of aliphatic imine (C=N–C) groups is 1. The van der Waals surface area contributed by atoms with Crippen molar-refractivity contribution in [2.45, 2.75) is 0 Å². The second-order valence-electron chi connectivity index (χ2n) is 7.78. The predicted octanol–water partition coefficient (Wildman–Crippen LogP) is 7.33. The van der Waals surface area contributed by atoms with Crippen LogP contribution in [-0.4, -0.2) is 23.1 Å². The van der Waals surface area contributed by atoms with Crippen LogP contribution in [0.5, 0.6) is 5.75 Å². The molecular formula is C27H18ClN3O5S. The highest BCUT2D eigenvalue weighted by molar-refractivity contribution is 8.19. The first-order valence-corrected chi connectivity index (χ1v) is 12.2. The fraction of sp³-hybridized carbons (Fsp3) is 0.0370. The fourth-order valence-corrected chi connectivity index (χ4v) is 4.93. The van der Waals surface area contributed by atoms with Gasteiger partial charge >= 0.3 is 0 Å². The molecule has 0 unspecified atom stereocenters. The van der Waals surface area contributed by atoms with Crippen LogP contribution in [0.2, 0.25) is 5.02 Å². The van der Waals surface area contributed by atoms with Crippen LogP contribution in [0.25, 0.3) is 17.4 Å². The van der Waals surface area contributed by atoms with E-state index >= 15 is 0 Å². The average Bonchev–Trinajstić information content (AvgIpc) is 3.49. The van der Waals surface area contributed by atoms with E-state index in [0.717, 1.165) is 5.69 Å². The first-order valence-electron chi connectivity index (χ1n) is 11.0. The first kappa shape index (κ1) is 24.4. The Balaban J connectivity index is 1.51. The summed E-state index contributed by atoms with van der Waals surface area (Å²) < 4.78 is 11.3. The van der Waals surface area contributed by atoms with E-state index in [2.05, 4.69) is 0 Å². The number of hydrogen-bond donors (Lipinski definition) is 0. The Hall–Kier alpha value is -4.34. The largest absolute Gasteiger partial charge is 0.496 e. The van der Waals surface area contributed by atoms with Crippen LogP contribution >= 0.6 is 23.4 Å². The maximum absolute atomic E-state index is 13.4. The van der Waals surface area contributed by atoms with Crippen molar-refractivity contribution in [2.75, 3.05) is 12.0 Å². The number of anilines is 1. The number of ether oxygens (including phenoxy) is 1. The van der Waals surface area contributed by atoms with Gasteiger partial charge in [-0.2, -0.15) is 0 Å². The van der Waals surface area contributed by atoms with E-state index in [1.807, 2.05) is 60.7 Å². The smallest absolute Gasteiger partial charge is 0.291 e. The number of halogens is 1. The Morgan fingerprint density at radius 2 is 1.76 bits per heavy atom. The molecule has 0 aliphatic carbocycles. The molecule has 0 atom stereocenters. The van der Waals surface area contributed by atoms with Gasteiger partial charge < -0.3 is 9.15 Å². The van der Waals surface area contributed by atoms with Gasteiger partial charge in [0.05, 0.1) is 39.9 Å². The maximum Gasteiger partial charge on any atom is 0.291 e. The lowest BCUT2D eigenvalue weighted by Crippen LogP contribution is -2.28. The molecule has 1 fully saturated rings. The van der Waals surface area contributed by atoms with Crippen LogP contribution < -0.4 is 9.64 Å². The van der Waals surface area contributed by atoms with Gasteiger partial charge in [-0.3, -0.25) is 19.8 Å². The number of amidine groups is 1. The minimum atomic E-state index is -0.581. The summed E-state index contributed by atoms with van der Waals surface area (Å²) in [5.41, 5.74) is 1.60. The zero-order chi connectivity index (χ0) is 25.9. The second-order valence-corrected chi connectivity index (χ2v) is 9.20. The van der Waals surface area contributed by atoms with E-state index in [0.29, 0.717) is 32.8 Å². The van der Waals surface area contributed by atoms with Crippen molar-refractivity contribution in [3.8, 4) is 17.1 Å². The molecule has 3 aromatic carbocycles. The molecule has 1 aliphatic heterocycles. The van der Waals surface area contributed by atoms with Crippen LogP contribution in [0.4, 0.5) is 17.1 Å². The first-order chi connectivity index (χ1) is 17.9. The lowest BCUT2D eigenvalue weighted by atomic mass is 10.1. The molecule has 1 aromatic heterocycles. The molecular weight excluding hydrogens is 514 g/mol. The van der Waals surface area contributed by atoms with E-state index in [1.54, 1.807) is 23.1 Å². The number of benzene rings is 3. The van der Waals surface area contributed by atoms with E-state index < -0.39 is 4.92 Å². The van der Waals surface area contributed by atoms with E-state index in [9.17, 15) is 14.9 Å². The lowest BCUT2D eigenvalue weighted by molar-refractivity contribution is -0.384. The molecule has 10 heteroatoms. The number of hydrogen-bond acceptors (Lipinski definition) is 7. The maximum atomic E-state index is 13.4. The molecule has 1 aliphatic rings. The molecule has 0 N–H and O–H groups in total. The zero-order valence-electron chi connectivity index (χ0n) is 19.3. The number of nitro groups is 1. The number of methoxy groups -OCH3 is 1. The number of nitro benzene ring substituents is 1. The highest BCUT2D eigenvalue weighted by Gasteiger charge is 2.35. The second kappa shape index (κ2) is 10.3. The number of amides is 1. The summed E-state index contributed by atoms with van der Waals surface area (Å²) in [4.78, 5) is 30.8. The van der Waals surface area contributed by atoms with Crippen molar-refractivity contribution in [1.82, 2.24) is 0 Å². The molecule has 4 aromatic rings. The third-order valence-corrected chi connectivity index (χ3v) is 6.70. The zero-order valence-corrected chi connectivity index (χ0v) is 20.9. The molecule has 1 amide bonds. The minimum Gasteiger partial charge on any atom is -0.496 e.